The molecule has 0 aliphatic heterocycles. The molecule has 0 saturated heterocycles. The lowest BCUT2D eigenvalue weighted by Gasteiger charge is -2.35. The summed E-state index contributed by atoms with van der Waals surface area (Å²) >= 11 is 0. The van der Waals surface area contributed by atoms with Crippen LogP contribution >= 0.6 is 0 Å². The summed E-state index contributed by atoms with van der Waals surface area (Å²) in [5, 5.41) is 0. The van der Waals surface area contributed by atoms with Crippen molar-refractivity contribution in [2.24, 2.45) is 5.84 Å². The minimum absolute atomic E-state index is 0.143. The molecule has 0 radical (unpaired) electrons. The van der Waals surface area contributed by atoms with Gasteiger partial charge < -0.3 is 4.74 Å². The van der Waals surface area contributed by atoms with E-state index < -0.39 is 0 Å². The van der Waals surface area contributed by atoms with E-state index in [0.717, 1.165) is 12.8 Å². The van der Waals surface area contributed by atoms with E-state index in [1.54, 1.807) is 7.11 Å². The average molecular weight is 272 g/mol. The van der Waals surface area contributed by atoms with E-state index in [9.17, 15) is 0 Å². The molecule has 0 aromatic rings. The van der Waals surface area contributed by atoms with Crippen molar-refractivity contribution in [3.63, 3.8) is 0 Å². The molecule has 3 N–H and O–H groups in total. The summed E-state index contributed by atoms with van der Waals surface area (Å²) in [6.07, 6.45) is 12.9. The normalized spacial score (nSPS) is 16.3. The Kier molecular flexibility index (Phi) is 11.6. The van der Waals surface area contributed by atoms with Crippen molar-refractivity contribution in [1.29, 1.82) is 0 Å². The molecule has 0 rings (SSSR count). The van der Waals surface area contributed by atoms with Gasteiger partial charge in [-0.1, -0.05) is 65.2 Å². The predicted molar refractivity (Wildman–Crippen MR) is 84.0 cm³/mol. The zero-order valence-electron chi connectivity index (χ0n) is 13.6. The summed E-state index contributed by atoms with van der Waals surface area (Å²) in [6.45, 7) is 6.56. The van der Waals surface area contributed by atoms with E-state index in [2.05, 4.69) is 26.2 Å². The largest absolute Gasteiger partial charge is 0.377 e. The molecule has 19 heavy (non-hydrogen) atoms. The Bertz CT molecular complexity index is 193. The molecule has 2 atom stereocenters. The molecule has 0 aliphatic rings. The van der Waals surface area contributed by atoms with Crippen LogP contribution in [0.1, 0.15) is 85.0 Å². The molecule has 3 heteroatoms. The summed E-state index contributed by atoms with van der Waals surface area (Å²) in [5.41, 5.74) is 2.80. The van der Waals surface area contributed by atoms with Gasteiger partial charge in [0.05, 0.1) is 5.60 Å². The molecule has 0 aromatic heterocycles. The van der Waals surface area contributed by atoms with Crippen molar-refractivity contribution < 1.29 is 4.74 Å². The number of hydrogen-bond acceptors (Lipinski definition) is 3. The Balaban J connectivity index is 3.67. The highest BCUT2D eigenvalue weighted by Crippen LogP contribution is 2.23. The Morgan fingerprint density at radius 3 is 1.95 bits per heavy atom. The number of methoxy groups -OCH3 is 1. The van der Waals surface area contributed by atoms with Crippen LogP contribution in [0, 0.1) is 0 Å². The van der Waals surface area contributed by atoms with Gasteiger partial charge in [-0.15, -0.1) is 0 Å². The fourth-order valence-corrected chi connectivity index (χ4v) is 2.58. The van der Waals surface area contributed by atoms with Crippen LogP contribution in [-0.4, -0.2) is 18.8 Å². The lowest BCUT2D eigenvalue weighted by Crippen LogP contribution is -2.52. The van der Waals surface area contributed by atoms with Gasteiger partial charge in [-0.25, -0.2) is 0 Å². The number of nitrogens with two attached hydrogens (primary N) is 1. The summed E-state index contributed by atoms with van der Waals surface area (Å²) < 4.78 is 5.62. The maximum absolute atomic E-state index is 5.68. The van der Waals surface area contributed by atoms with Crippen molar-refractivity contribution in [3.8, 4) is 0 Å². The zero-order valence-corrected chi connectivity index (χ0v) is 13.6. The number of hydrazine groups is 1. The van der Waals surface area contributed by atoms with Gasteiger partial charge in [0.25, 0.3) is 0 Å². The summed E-state index contributed by atoms with van der Waals surface area (Å²) in [6, 6.07) is 0.252. The quantitative estimate of drug-likeness (QED) is 0.300. The van der Waals surface area contributed by atoms with Gasteiger partial charge in [0.15, 0.2) is 0 Å². The first-order valence-corrected chi connectivity index (χ1v) is 8.15. The fraction of sp³-hybridized carbons (Fsp3) is 1.00. The van der Waals surface area contributed by atoms with Crippen molar-refractivity contribution in [3.05, 3.63) is 0 Å². The van der Waals surface area contributed by atoms with E-state index >= 15 is 0 Å². The monoisotopic (exact) mass is 272 g/mol. The molecule has 2 unspecified atom stereocenters. The van der Waals surface area contributed by atoms with Crippen LogP contribution in [0.4, 0.5) is 0 Å². The van der Waals surface area contributed by atoms with E-state index in [0.29, 0.717) is 0 Å². The maximum atomic E-state index is 5.68. The van der Waals surface area contributed by atoms with Crippen LogP contribution < -0.4 is 11.3 Å². The molecular formula is C16H36N2O. The maximum Gasteiger partial charge on any atom is 0.0813 e. The average Bonchev–Trinajstić information content (AvgIpc) is 2.45. The van der Waals surface area contributed by atoms with E-state index in [1.165, 1.54) is 51.4 Å². The number of unbranched alkanes of at least 4 members (excludes halogenated alkanes) is 7. The van der Waals surface area contributed by atoms with E-state index in [4.69, 9.17) is 10.6 Å². The Morgan fingerprint density at radius 1 is 1.00 bits per heavy atom. The molecular weight excluding hydrogens is 236 g/mol. The molecule has 0 amide bonds. The van der Waals surface area contributed by atoms with E-state index in [1.807, 2.05) is 0 Å². The summed E-state index contributed by atoms with van der Waals surface area (Å²) in [7, 11) is 1.78. The number of hydrogen-bond donors (Lipinski definition) is 2. The van der Waals surface area contributed by atoms with Gasteiger partial charge in [-0.2, -0.15) is 0 Å². The first kappa shape index (κ1) is 18.9. The van der Waals surface area contributed by atoms with E-state index in [-0.39, 0.29) is 11.6 Å². The van der Waals surface area contributed by atoms with Gasteiger partial charge in [0.1, 0.15) is 0 Å². The summed E-state index contributed by atoms with van der Waals surface area (Å²) in [4.78, 5) is 0. The van der Waals surface area contributed by atoms with Crippen LogP contribution in [0.2, 0.25) is 0 Å². The molecule has 0 bridgehead atoms. The lowest BCUT2D eigenvalue weighted by atomic mass is 9.89. The van der Waals surface area contributed by atoms with Gasteiger partial charge in [-0.05, 0) is 19.8 Å². The number of nitrogens with one attached hydrogen (secondary N) is 1. The number of rotatable bonds is 13. The minimum Gasteiger partial charge on any atom is -0.377 e. The minimum atomic E-state index is -0.143. The summed E-state index contributed by atoms with van der Waals surface area (Å²) in [5.74, 6) is 5.68. The highest BCUT2D eigenvalue weighted by molar-refractivity contribution is 4.86. The van der Waals surface area contributed by atoms with Gasteiger partial charge in [0.2, 0.25) is 0 Å². The molecule has 0 spiro atoms. The molecule has 0 saturated carbocycles. The topological polar surface area (TPSA) is 47.3 Å². The molecule has 0 heterocycles. The van der Waals surface area contributed by atoms with Crippen LogP contribution in [0.5, 0.6) is 0 Å². The van der Waals surface area contributed by atoms with Crippen LogP contribution in [0.25, 0.3) is 0 Å². The highest BCUT2D eigenvalue weighted by atomic mass is 16.5. The van der Waals surface area contributed by atoms with Crippen LogP contribution in [-0.2, 0) is 4.74 Å². The molecule has 3 nitrogen and oxygen atoms in total. The first-order chi connectivity index (χ1) is 9.14. The molecule has 0 aromatic carbocycles. The second-order valence-corrected chi connectivity index (χ2v) is 5.85. The predicted octanol–water partition coefficient (Wildman–Crippen LogP) is 4.16. The first-order valence-electron chi connectivity index (χ1n) is 8.15. The highest BCUT2D eigenvalue weighted by Gasteiger charge is 2.31. The fourth-order valence-electron chi connectivity index (χ4n) is 2.58. The number of ether oxygens (including phenoxy) is 1. The van der Waals surface area contributed by atoms with Gasteiger partial charge in [0, 0.05) is 13.2 Å². The standard InChI is InChI=1S/C16H36N2O/c1-5-7-8-9-10-11-12-13-14-15(18-17)16(3,6-2)19-4/h15,18H,5-14,17H2,1-4H3. The SMILES string of the molecule is CCCCCCCCCCC(NN)C(C)(CC)OC. The second-order valence-electron chi connectivity index (χ2n) is 5.85. The molecule has 0 aliphatic carbocycles. The molecule has 0 fully saturated rings. The zero-order chi connectivity index (χ0) is 14.6. The van der Waals surface area contributed by atoms with Crippen molar-refractivity contribution in [1.82, 2.24) is 5.43 Å². The smallest absolute Gasteiger partial charge is 0.0813 e. The lowest BCUT2D eigenvalue weighted by molar-refractivity contribution is -0.0317. The third-order valence-corrected chi connectivity index (χ3v) is 4.45. The Morgan fingerprint density at radius 2 is 1.53 bits per heavy atom. The third kappa shape index (κ3) is 7.91. The van der Waals surface area contributed by atoms with Crippen LogP contribution in [0.15, 0.2) is 0 Å². The third-order valence-electron chi connectivity index (χ3n) is 4.45. The van der Waals surface area contributed by atoms with Gasteiger partial charge >= 0.3 is 0 Å². The molecule has 116 valence electrons. The van der Waals surface area contributed by atoms with Crippen LogP contribution in [0.3, 0.4) is 0 Å². The second kappa shape index (κ2) is 11.7. The Labute approximate surface area is 120 Å². The van der Waals surface area contributed by atoms with Crippen molar-refractivity contribution in [2.75, 3.05) is 7.11 Å². The van der Waals surface area contributed by atoms with Crippen molar-refractivity contribution in [2.45, 2.75) is 96.6 Å². The van der Waals surface area contributed by atoms with Gasteiger partial charge in [-0.3, -0.25) is 11.3 Å². The Hall–Kier alpha value is -0.120. The van der Waals surface area contributed by atoms with Crippen molar-refractivity contribution >= 4 is 0 Å².